The first-order valence-electron chi connectivity index (χ1n) is 6.65. The van der Waals surface area contributed by atoms with E-state index in [1.54, 1.807) is 0 Å². The second-order valence-electron chi connectivity index (χ2n) is 4.75. The van der Waals surface area contributed by atoms with E-state index >= 15 is 0 Å². The van der Waals surface area contributed by atoms with Gasteiger partial charge in [-0.3, -0.25) is 0 Å². The minimum absolute atomic E-state index is 0.0955. The van der Waals surface area contributed by atoms with E-state index in [4.69, 9.17) is 4.74 Å². The summed E-state index contributed by atoms with van der Waals surface area (Å²) in [5.74, 6) is -0.514. The SMILES string of the molecule is O=S(=O)(CCCC(F)(F)F)NCCOC1CCNCC1. The van der Waals surface area contributed by atoms with Crippen LogP contribution < -0.4 is 10.0 Å². The third-order valence-corrected chi connectivity index (χ3v) is 4.41. The lowest BCUT2D eigenvalue weighted by Crippen LogP contribution is -2.35. The van der Waals surface area contributed by atoms with Crippen molar-refractivity contribution in [2.75, 3.05) is 32.0 Å². The Balaban J connectivity index is 2.09. The van der Waals surface area contributed by atoms with Crippen LogP contribution in [0.1, 0.15) is 25.7 Å². The highest BCUT2D eigenvalue weighted by molar-refractivity contribution is 7.89. The Morgan fingerprint density at radius 2 is 1.90 bits per heavy atom. The van der Waals surface area contributed by atoms with Gasteiger partial charge in [0.15, 0.2) is 0 Å². The van der Waals surface area contributed by atoms with Gasteiger partial charge in [0, 0.05) is 13.0 Å². The van der Waals surface area contributed by atoms with E-state index in [1.807, 2.05) is 0 Å². The average Bonchev–Trinajstić information content (AvgIpc) is 2.34. The van der Waals surface area contributed by atoms with Crippen molar-refractivity contribution in [1.29, 1.82) is 0 Å². The molecule has 5 nitrogen and oxygen atoms in total. The lowest BCUT2D eigenvalue weighted by molar-refractivity contribution is -0.134. The summed E-state index contributed by atoms with van der Waals surface area (Å²) < 4.78 is 66.3. The predicted molar refractivity (Wildman–Crippen MR) is 68.9 cm³/mol. The van der Waals surface area contributed by atoms with Crippen molar-refractivity contribution in [2.24, 2.45) is 0 Å². The molecule has 1 aliphatic heterocycles. The number of sulfonamides is 1. The van der Waals surface area contributed by atoms with Gasteiger partial charge in [0.05, 0.1) is 18.5 Å². The molecule has 0 aliphatic carbocycles. The normalized spacial score (nSPS) is 18.4. The minimum atomic E-state index is -4.31. The first-order chi connectivity index (χ1) is 9.29. The van der Waals surface area contributed by atoms with Gasteiger partial charge in [-0.1, -0.05) is 0 Å². The first kappa shape index (κ1) is 17.7. The van der Waals surface area contributed by atoms with Crippen molar-refractivity contribution in [3.05, 3.63) is 0 Å². The molecular weight excluding hydrogens is 297 g/mol. The molecule has 0 spiro atoms. The number of piperidine rings is 1. The second-order valence-corrected chi connectivity index (χ2v) is 6.68. The minimum Gasteiger partial charge on any atom is -0.377 e. The van der Waals surface area contributed by atoms with E-state index in [2.05, 4.69) is 10.0 Å². The fraction of sp³-hybridized carbons (Fsp3) is 1.00. The summed E-state index contributed by atoms with van der Waals surface area (Å²) in [6.45, 7) is 2.10. The van der Waals surface area contributed by atoms with Gasteiger partial charge in [0.2, 0.25) is 10.0 Å². The van der Waals surface area contributed by atoms with Crippen molar-refractivity contribution >= 4 is 10.0 Å². The van der Waals surface area contributed by atoms with Gasteiger partial charge < -0.3 is 10.1 Å². The topological polar surface area (TPSA) is 67.4 Å². The lowest BCUT2D eigenvalue weighted by atomic mass is 10.1. The van der Waals surface area contributed by atoms with Crippen LogP contribution in [0.5, 0.6) is 0 Å². The van der Waals surface area contributed by atoms with Gasteiger partial charge in [0.1, 0.15) is 0 Å². The smallest absolute Gasteiger partial charge is 0.377 e. The second kappa shape index (κ2) is 8.16. The molecule has 1 heterocycles. The van der Waals surface area contributed by atoms with Crippen LogP contribution in [-0.4, -0.2) is 52.7 Å². The van der Waals surface area contributed by atoms with Crippen LogP contribution in [0.25, 0.3) is 0 Å². The van der Waals surface area contributed by atoms with Crippen LogP contribution in [0.15, 0.2) is 0 Å². The van der Waals surface area contributed by atoms with E-state index < -0.39 is 34.8 Å². The van der Waals surface area contributed by atoms with Crippen molar-refractivity contribution in [2.45, 2.75) is 38.0 Å². The molecule has 1 aliphatic rings. The molecule has 0 amide bonds. The Morgan fingerprint density at radius 3 is 2.50 bits per heavy atom. The van der Waals surface area contributed by atoms with E-state index in [1.165, 1.54) is 0 Å². The zero-order chi connectivity index (χ0) is 15.1. The van der Waals surface area contributed by atoms with Crippen LogP contribution in [0, 0.1) is 0 Å². The number of hydrogen-bond donors (Lipinski definition) is 2. The highest BCUT2D eigenvalue weighted by Gasteiger charge is 2.27. The number of halogens is 3. The van der Waals surface area contributed by atoms with Crippen molar-refractivity contribution in [1.82, 2.24) is 10.0 Å². The molecule has 0 saturated carbocycles. The molecule has 20 heavy (non-hydrogen) atoms. The van der Waals surface area contributed by atoms with E-state index in [0.29, 0.717) is 0 Å². The van der Waals surface area contributed by atoms with Gasteiger partial charge >= 0.3 is 6.18 Å². The summed E-state index contributed by atoms with van der Waals surface area (Å²) in [5.41, 5.74) is 0. The Bertz CT molecular complexity index is 368. The summed E-state index contributed by atoms with van der Waals surface area (Å²) in [6, 6.07) is 0. The number of hydrogen-bond acceptors (Lipinski definition) is 4. The molecule has 2 N–H and O–H groups in total. The Morgan fingerprint density at radius 1 is 1.25 bits per heavy atom. The van der Waals surface area contributed by atoms with E-state index in [9.17, 15) is 21.6 Å². The highest BCUT2D eigenvalue weighted by atomic mass is 32.2. The third-order valence-electron chi connectivity index (χ3n) is 2.94. The summed E-state index contributed by atoms with van der Waals surface area (Å²) in [7, 11) is -3.65. The molecule has 9 heteroatoms. The summed E-state index contributed by atoms with van der Waals surface area (Å²) in [4.78, 5) is 0. The molecule has 0 unspecified atom stereocenters. The van der Waals surface area contributed by atoms with Gasteiger partial charge in [-0.05, 0) is 32.4 Å². The molecule has 0 atom stereocenters. The van der Waals surface area contributed by atoms with Crippen molar-refractivity contribution in [3.8, 4) is 0 Å². The molecule has 0 aromatic rings. The third kappa shape index (κ3) is 8.72. The summed E-state index contributed by atoms with van der Waals surface area (Å²) in [6.07, 6.45) is -3.91. The Labute approximate surface area is 117 Å². The maximum absolute atomic E-state index is 11.9. The Hall–Kier alpha value is -0.380. The molecule has 0 aromatic carbocycles. The molecule has 0 bridgehead atoms. The predicted octanol–water partition coefficient (Wildman–Crippen LogP) is 1.02. The largest absolute Gasteiger partial charge is 0.389 e. The maximum atomic E-state index is 11.9. The molecule has 0 aromatic heterocycles. The average molecular weight is 318 g/mol. The van der Waals surface area contributed by atoms with Gasteiger partial charge in [0.25, 0.3) is 0 Å². The number of rotatable bonds is 8. The molecule has 1 saturated heterocycles. The van der Waals surface area contributed by atoms with Crippen LogP contribution in [0.4, 0.5) is 13.2 Å². The van der Waals surface area contributed by atoms with E-state index in [-0.39, 0.29) is 19.3 Å². The maximum Gasteiger partial charge on any atom is 0.389 e. The molecule has 120 valence electrons. The number of alkyl halides is 3. The van der Waals surface area contributed by atoms with Crippen LogP contribution in [0.3, 0.4) is 0 Å². The Kier molecular flexibility index (Phi) is 7.21. The van der Waals surface area contributed by atoms with Crippen LogP contribution in [0.2, 0.25) is 0 Å². The molecule has 1 rings (SSSR count). The number of nitrogens with one attached hydrogen (secondary N) is 2. The summed E-state index contributed by atoms with van der Waals surface area (Å²) in [5, 5.41) is 3.18. The summed E-state index contributed by atoms with van der Waals surface area (Å²) >= 11 is 0. The fourth-order valence-corrected chi connectivity index (χ4v) is 2.98. The van der Waals surface area contributed by atoms with Crippen molar-refractivity contribution in [3.63, 3.8) is 0 Å². The van der Waals surface area contributed by atoms with Gasteiger partial charge in [-0.15, -0.1) is 0 Å². The highest BCUT2D eigenvalue weighted by Crippen LogP contribution is 2.21. The van der Waals surface area contributed by atoms with E-state index in [0.717, 1.165) is 25.9 Å². The van der Waals surface area contributed by atoms with Gasteiger partial charge in [-0.25, -0.2) is 13.1 Å². The lowest BCUT2D eigenvalue weighted by Gasteiger charge is -2.22. The fourth-order valence-electron chi connectivity index (χ4n) is 1.92. The monoisotopic (exact) mass is 318 g/mol. The van der Waals surface area contributed by atoms with Crippen LogP contribution in [-0.2, 0) is 14.8 Å². The molecule has 1 fully saturated rings. The molecule has 0 radical (unpaired) electrons. The molecular formula is C11H21F3N2O3S. The quantitative estimate of drug-likeness (QED) is 0.656. The zero-order valence-corrected chi connectivity index (χ0v) is 12.0. The zero-order valence-electron chi connectivity index (χ0n) is 11.2. The van der Waals surface area contributed by atoms with Crippen LogP contribution >= 0.6 is 0 Å². The number of ether oxygens (including phenoxy) is 1. The van der Waals surface area contributed by atoms with Gasteiger partial charge in [-0.2, -0.15) is 13.2 Å². The first-order valence-corrected chi connectivity index (χ1v) is 8.30. The standard InChI is InChI=1S/C11H21F3N2O3S/c12-11(13,14)4-1-9-20(17,18)16-7-8-19-10-2-5-15-6-3-10/h10,15-16H,1-9H2. The van der Waals surface area contributed by atoms with Crippen molar-refractivity contribution < 1.29 is 26.3 Å².